The monoisotopic (exact) mass is 252 g/mol. The van der Waals surface area contributed by atoms with Gasteiger partial charge in [-0.05, 0) is 30.0 Å². The quantitative estimate of drug-likeness (QED) is 0.632. The SMILES string of the molecule is COCCOCCOc1ccc(CC(C)C)cc1. The summed E-state index contributed by atoms with van der Waals surface area (Å²) in [6.45, 7) is 6.87. The van der Waals surface area contributed by atoms with E-state index in [1.54, 1.807) is 7.11 Å². The lowest BCUT2D eigenvalue weighted by Gasteiger charge is -2.09. The Labute approximate surface area is 110 Å². The maximum Gasteiger partial charge on any atom is 0.119 e. The van der Waals surface area contributed by atoms with Crippen LogP contribution in [0.1, 0.15) is 19.4 Å². The second-order valence-corrected chi connectivity index (χ2v) is 4.70. The smallest absolute Gasteiger partial charge is 0.119 e. The molecule has 0 heterocycles. The van der Waals surface area contributed by atoms with E-state index in [1.165, 1.54) is 5.56 Å². The van der Waals surface area contributed by atoms with Gasteiger partial charge in [-0.2, -0.15) is 0 Å². The van der Waals surface area contributed by atoms with Gasteiger partial charge >= 0.3 is 0 Å². The standard InChI is InChI=1S/C15H24O3/c1-13(2)12-14-4-6-15(7-5-14)18-11-10-17-9-8-16-3/h4-7,13H,8-12H2,1-3H3. The molecular weight excluding hydrogens is 228 g/mol. The molecule has 0 N–H and O–H groups in total. The molecule has 0 bridgehead atoms. The van der Waals surface area contributed by atoms with Crippen LogP contribution in [0.15, 0.2) is 24.3 Å². The van der Waals surface area contributed by atoms with Gasteiger partial charge in [-0.25, -0.2) is 0 Å². The summed E-state index contributed by atoms with van der Waals surface area (Å²) in [5.41, 5.74) is 1.36. The Bertz CT molecular complexity index is 306. The Morgan fingerprint density at radius 3 is 2.22 bits per heavy atom. The molecule has 0 amide bonds. The lowest BCUT2D eigenvalue weighted by Crippen LogP contribution is -2.10. The molecule has 3 heteroatoms. The van der Waals surface area contributed by atoms with E-state index in [0.717, 1.165) is 12.2 Å². The van der Waals surface area contributed by atoms with Gasteiger partial charge < -0.3 is 14.2 Å². The van der Waals surface area contributed by atoms with Crippen molar-refractivity contribution in [3.8, 4) is 5.75 Å². The van der Waals surface area contributed by atoms with E-state index in [4.69, 9.17) is 14.2 Å². The number of hydrogen-bond donors (Lipinski definition) is 0. The third-order valence-corrected chi connectivity index (χ3v) is 2.50. The van der Waals surface area contributed by atoms with E-state index in [1.807, 2.05) is 12.1 Å². The van der Waals surface area contributed by atoms with Crippen LogP contribution >= 0.6 is 0 Å². The highest BCUT2D eigenvalue weighted by atomic mass is 16.5. The number of benzene rings is 1. The summed E-state index contributed by atoms with van der Waals surface area (Å²) in [5, 5.41) is 0. The topological polar surface area (TPSA) is 27.7 Å². The van der Waals surface area contributed by atoms with Crippen LogP contribution in [-0.4, -0.2) is 33.5 Å². The van der Waals surface area contributed by atoms with Crippen molar-refractivity contribution >= 4 is 0 Å². The van der Waals surface area contributed by atoms with Gasteiger partial charge in [-0.3, -0.25) is 0 Å². The van der Waals surface area contributed by atoms with E-state index in [2.05, 4.69) is 26.0 Å². The summed E-state index contributed by atoms with van der Waals surface area (Å²) in [4.78, 5) is 0. The van der Waals surface area contributed by atoms with Crippen LogP contribution in [0, 0.1) is 5.92 Å². The lowest BCUT2D eigenvalue weighted by molar-refractivity contribution is 0.0544. The van der Waals surface area contributed by atoms with Gasteiger partial charge in [0.25, 0.3) is 0 Å². The Morgan fingerprint density at radius 2 is 1.61 bits per heavy atom. The summed E-state index contributed by atoms with van der Waals surface area (Å²) in [5.74, 6) is 1.59. The highest BCUT2D eigenvalue weighted by Crippen LogP contribution is 2.14. The molecule has 1 aromatic rings. The van der Waals surface area contributed by atoms with Crippen LogP contribution < -0.4 is 4.74 Å². The molecule has 0 aromatic heterocycles. The fraction of sp³-hybridized carbons (Fsp3) is 0.600. The number of ether oxygens (including phenoxy) is 3. The Kier molecular flexibility index (Phi) is 7.46. The zero-order valence-corrected chi connectivity index (χ0v) is 11.6. The highest BCUT2D eigenvalue weighted by molar-refractivity contribution is 5.27. The second-order valence-electron chi connectivity index (χ2n) is 4.70. The molecule has 0 saturated heterocycles. The van der Waals surface area contributed by atoms with Gasteiger partial charge in [-0.1, -0.05) is 26.0 Å². The van der Waals surface area contributed by atoms with Crippen LogP contribution in [0.25, 0.3) is 0 Å². The van der Waals surface area contributed by atoms with Crippen molar-refractivity contribution in [1.82, 2.24) is 0 Å². The largest absolute Gasteiger partial charge is 0.491 e. The summed E-state index contributed by atoms with van der Waals surface area (Å²) >= 11 is 0. The molecule has 0 radical (unpaired) electrons. The van der Waals surface area contributed by atoms with Crippen molar-refractivity contribution in [2.75, 3.05) is 33.5 Å². The van der Waals surface area contributed by atoms with Crippen molar-refractivity contribution in [1.29, 1.82) is 0 Å². The third kappa shape index (κ3) is 6.62. The van der Waals surface area contributed by atoms with Crippen molar-refractivity contribution < 1.29 is 14.2 Å². The molecule has 0 aliphatic carbocycles. The number of rotatable bonds is 9. The lowest BCUT2D eigenvalue weighted by atomic mass is 10.0. The maximum absolute atomic E-state index is 5.58. The summed E-state index contributed by atoms with van der Waals surface area (Å²) < 4.78 is 15.8. The minimum absolute atomic E-state index is 0.577. The molecule has 0 fully saturated rings. The molecule has 0 spiro atoms. The van der Waals surface area contributed by atoms with Gasteiger partial charge in [0.1, 0.15) is 12.4 Å². The molecular formula is C15H24O3. The highest BCUT2D eigenvalue weighted by Gasteiger charge is 1.98. The average molecular weight is 252 g/mol. The molecule has 0 atom stereocenters. The van der Waals surface area contributed by atoms with Crippen LogP contribution in [0.2, 0.25) is 0 Å². The minimum Gasteiger partial charge on any atom is -0.491 e. The predicted octanol–water partition coefficient (Wildman–Crippen LogP) is 2.93. The zero-order valence-electron chi connectivity index (χ0n) is 11.6. The molecule has 0 saturated carbocycles. The first kappa shape index (κ1) is 15.0. The van der Waals surface area contributed by atoms with Crippen LogP contribution in [0.5, 0.6) is 5.75 Å². The molecule has 1 aromatic carbocycles. The third-order valence-electron chi connectivity index (χ3n) is 2.50. The molecule has 0 unspecified atom stereocenters. The van der Waals surface area contributed by atoms with Crippen molar-refractivity contribution in [2.45, 2.75) is 20.3 Å². The first-order valence-corrected chi connectivity index (χ1v) is 6.50. The average Bonchev–Trinajstić information content (AvgIpc) is 2.35. The normalized spacial score (nSPS) is 10.9. The molecule has 102 valence electrons. The van der Waals surface area contributed by atoms with Crippen molar-refractivity contribution in [3.05, 3.63) is 29.8 Å². The molecule has 3 nitrogen and oxygen atoms in total. The first-order valence-electron chi connectivity index (χ1n) is 6.50. The van der Waals surface area contributed by atoms with Crippen LogP contribution in [0.4, 0.5) is 0 Å². The van der Waals surface area contributed by atoms with Gasteiger partial charge in [0, 0.05) is 7.11 Å². The number of methoxy groups -OCH3 is 1. The van der Waals surface area contributed by atoms with E-state index in [0.29, 0.717) is 32.3 Å². The maximum atomic E-state index is 5.58. The number of hydrogen-bond acceptors (Lipinski definition) is 3. The minimum atomic E-state index is 0.577. The Morgan fingerprint density at radius 1 is 0.944 bits per heavy atom. The first-order chi connectivity index (χ1) is 8.72. The van der Waals surface area contributed by atoms with E-state index in [-0.39, 0.29) is 0 Å². The van der Waals surface area contributed by atoms with E-state index < -0.39 is 0 Å². The molecule has 0 aliphatic heterocycles. The van der Waals surface area contributed by atoms with Gasteiger partial charge in [0.15, 0.2) is 0 Å². The van der Waals surface area contributed by atoms with Gasteiger partial charge in [0.05, 0.1) is 19.8 Å². The van der Waals surface area contributed by atoms with Crippen LogP contribution in [-0.2, 0) is 15.9 Å². The van der Waals surface area contributed by atoms with Crippen molar-refractivity contribution in [3.63, 3.8) is 0 Å². The fourth-order valence-corrected chi connectivity index (χ4v) is 1.66. The Balaban J connectivity index is 2.18. The summed E-state index contributed by atoms with van der Waals surface area (Å²) in [6, 6.07) is 8.29. The van der Waals surface area contributed by atoms with Gasteiger partial charge in [-0.15, -0.1) is 0 Å². The van der Waals surface area contributed by atoms with Crippen LogP contribution in [0.3, 0.4) is 0 Å². The van der Waals surface area contributed by atoms with E-state index in [9.17, 15) is 0 Å². The summed E-state index contributed by atoms with van der Waals surface area (Å²) in [6.07, 6.45) is 1.11. The van der Waals surface area contributed by atoms with E-state index >= 15 is 0 Å². The molecule has 1 rings (SSSR count). The fourth-order valence-electron chi connectivity index (χ4n) is 1.66. The van der Waals surface area contributed by atoms with Crippen molar-refractivity contribution in [2.24, 2.45) is 5.92 Å². The second kappa shape index (κ2) is 8.95. The summed E-state index contributed by atoms with van der Waals surface area (Å²) in [7, 11) is 1.67. The molecule has 0 aliphatic rings. The van der Waals surface area contributed by atoms with Gasteiger partial charge in [0.2, 0.25) is 0 Å². The zero-order chi connectivity index (χ0) is 13.2. The Hall–Kier alpha value is -1.06. The molecule has 18 heavy (non-hydrogen) atoms. The predicted molar refractivity (Wildman–Crippen MR) is 73.2 cm³/mol.